The van der Waals surface area contributed by atoms with Crippen molar-refractivity contribution in [3.63, 3.8) is 0 Å². The van der Waals surface area contributed by atoms with E-state index < -0.39 is 0 Å². The minimum absolute atomic E-state index is 0.0712. The highest BCUT2D eigenvalue weighted by Gasteiger charge is 2.24. The molecule has 3 rings (SSSR count). The number of hydrogen-bond donors (Lipinski definition) is 3. The van der Waals surface area contributed by atoms with E-state index in [1.165, 1.54) is 6.20 Å². The molecular formula is C14H18N6O3. The van der Waals surface area contributed by atoms with Crippen LogP contribution < -0.4 is 21.1 Å². The normalized spacial score (nSPS) is 17.8. The highest BCUT2D eigenvalue weighted by molar-refractivity contribution is 5.88. The Morgan fingerprint density at radius 2 is 2.39 bits per heavy atom. The Labute approximate surface area is 132 Å². The molecule has 1 fully saturated rings. The predicted octanol–water partition coefficient (Wildman–Crippen LogP) is 0.857. The number of urea groups is 1. The zero-order chi connectivity index (χ0) is 16.2. The lowest BCUT2D eigenvalue weighted by Crippen LogP contribution is -2.50. The molecule has 0 radical (unpaired) electrons. The number of carbonyl (C=O) groups is 1. The summed E-state index contributed by atoms with van der Waals surface area (Å²) in [6.07, 6.45) is 4.75. The smallest absolute Gasteiger partial charge is 0.320 e. The van der Waals surface area contributed by atoms with Gasteiger partial charge in [-0.25, -0.2) is 9.78 Å². The highest BCUT2D eigenvalue weighted by Crippen LogP contribution is 2.14. The minimum Gasteiger partial charge on any atom is -0.360 e. The number of H-pyrrole nitrogens is 1. The summed E-state index contributed by atoms with van der Waals surface area (Å²) < 4.78 is 4.90. The first-order chi connectivity index (χ1) is 11.1. The lowest BCUT2D eigenvalue weighted by Gasteiger charge is -2.33. The van der Waals surface area contributed by atoms with E-state index in [-0.39, 0.29) is 17.6 Å². The van der Waals surface area contributed by atoms with Gasteiger partial charge in [0, 0.05) is 37.6 Å². The maximum Gasteiger partial charge on any atom is 0.320 e. The number of nitrogens with one attached hydrogen (secondary N) is 3. The van der Waals surface area contributed by atoms with Crippen LogP contribution >= 0.6 is 0 Å². The summed E-state index contributed by atoms with van der Waals surface area (Å²) in [7, 11) is 0. The predicted molar refractivity (Wildman–Crippen MR) is 83.5 cm³/mol. The van der Waals surface area contributed by atoms with Gasteiger partial charge in [0.05, 0.1) is 0 Å². The molecule has 2 aromatic rings. The number of aromatic nitrogens is 3. The topological polar surface area (TPSA) is 116 Å². The van der Waals surface area contributed by atoms with Gasteiger partial charge in [-0.3, -0.25) is 10.1 Å². The van der Waals surface area contributed by atoms with E-state index in [0.717, 1.165) is 19.4 Å². The molecule has 122 valence electrons. The van der Waals surface area contributed by atoms with Crippen molar-refractivity contribution in [1.29, 1.82) is 0 Å². The van der Waals surface area contributed by atoms with Gasteiger partial charge in [-0.2, -0.15) is 0 Å². The first-order valence-electron chi connectivity index (χ1n) is 7.41. The van der Waals surface area contributed by atoms with E-state index in [4.69, 9.17) is 4.52 Å². The van der Waals surface area contributed by atoms with Crippen molar-refractivity contribution >= 4 is 17.7 Å². The van der Waals surface area contributed by atoms with E-state index in [1.807, 2.05) is 4.90 Å². The van der Waals surface area contributed by atoms with Crippen LogP contribution in [0.3, 0.4) is 0 Å². The molecule has 0 spiro atoms. The van der Waals surface area contributed by atoms with Crippen LogP contribution in [0.5, 0.6) is 0 Å². The lowest BCUT2D eigenvalue weighted by atomic mass is 10.1. The average molecular weight is 318 g/mol. The molecule has 1 atom stereocenters. The fourth-order valence-corrected chi connectivity index (χ4v) is 2.62. The molecule has 23 heavy (non-hydrogen) atoms. The van der Waals surface area contributed by atoms with Crippen molar-refractivity contribution in [3.8, 4) is 0 Å². The van der Waals surface area contributed by atoms with Gasteiger partial charge in [0.2, 0.25) is 0 Å². The second-order valence-corrected chi connectivity index (χ2v) is 5.45. The summed E-state index contributed by atoms with van der Waals surface area (Å²) in [4.78, 5) is 32.4. The summed E-state index contributed by atoms with van der Waals surface area (Å²) in [5.74, 6) is 1.37. The summed E-state index contributed by atoms with van der Waals surface area (Å²) in [5.41, 5.74) is -0.226. The van der Waals surface area contributed by atoms with Crippen molar-refractivity contribution in [2.24, 2.45) is 0 Å². The molecular weight excluding hydrogens is 300 g/mol. The van der Waals surface area contributed by atoms with Gasteiger partial charge in [0.1, 0.15) is 5.76 Å². The van der Waals surface area contributed by atoms with Crippen LogP contribution in [-0.2, 0) is 0 Å². The fourth-order valence-electron chi connectivity index (χ4n) is 2.62. The van der Waals surface area contributed by atoms with E-state index in [0.29, 0.717) is 23.9 Å². The fraction of sp³-hybridized carbons (Fsp3) is 0.429. The first-order valence-corrected chi connectivity index (χ1v) is 7.41. The van der Waals surface area contributed by atoms with E-state index in [2.05, 4.69) is 25.8 Å². The Morgan fingerprint density at radius 1 is 1.52 bits per heavy atom. The molecule has 3 heterocycles. The number of aryl methyl sites for hydroxylation is 1. The van der Waals surface area contributed by atoms with E-state index in [1.54, 1.807) is 19.2 Å². The monoisotopic (exact) mass is 318 g/mol. The van der Waals surface area contributed by atoms with Crippen LogP contribution in [0.25, 0.3) is 0 Å². The Bertz CT molecular complexity index is 740. The van der Waals surface area contributed by atoms with Gasteiger partial charge < -0.3 is 19.7 Å². The van der Waals surface area contributed by atoms with Gasteiger partial charge in [-0.1, -0.05) is 5.16 Å². The quantitative estimate of drug-likeness (QED) is 0.773. The van der Waals surface area contributed by atoms with Crippen LogP contribution in [0.2, 0.25) is 0 Å². The number of nitrogens with zero attached hydrogens (tertiary/aromatic N) is 3. The van der Waals surface area contributed by atoms with Crippen molar-refractivity contribution < 1.29 is 9.32 Å². The van der Waals surface area contributed by atoms with Gasteiger partial charge in [-0.05, 0) is 19.8 Å². The second-order valence-electron chi connectivity index (χ2n) is 5.45. The number of carbonyl (C=O) groups excluding carboxylic acids is 1. The van der Waals surface area contributed by atoms with Crippen LogP contribution in [0, 0.1) is 6.92 Å². The van der Waals surface area contributed by atoms with E-state index in [9.17, 15) is 9.59 Å². The summed E-state index contributed by atoms with van der Waals surface area (Å²) in [6, 6.07) is 1.22. The first kappa shape index (κ1) is 15.1. The summed E-state index contributed by atoms with van der Waals surface area (Å²) >= 11 is 0. The number of hydrogen-bond acceptors (Lipinski definition) is 6. The molecule has 1 aliphatic heterocycles. The maximum absolute atomic E-state index is 12.0. The molecule has 1 aliphatic rings. The van der Waals surface area contributed by atoms with Crippen LogP contribution in [0.15, 0.2) is 27.8 Å². The SMILES string of the molecule is Cc1cc(NC(=O)NC2CCCN(c3ncc[nH]c3=O)C2)no1. The number of anilines is 2. The molecule has 9 nitrogen and oxygen atoms in total. The van der Waals surface area contributed by atoms with Crippen molar-refractivity contribution in [2.45, 2.75) is 25.8 Å². The third kappa shape index (κ3) is 3.68. The molecule has 3 N–H and O–H groups in total. The van der Waals surface area contributed by atoms with Crippen LogP contribution in [0.1, 0.15) is 18.6 Å². The summed E-state index contributed by atoms with van der Waals surface area (Å²) in [5, 5.41) is 9.21. The largest absolute Gasteiger partial charge is 0.360 e. The van der Waals surface area contributed by atoms with E-state index >= 15 is 0 Å². The zero-order valence-corrected chi connectivity index (χ0v) is 12.7. The maximum atomic E-state index is 12.0. The van der Waals surface area contributed by atoms with Gasteiger partial charge in [-0.15, -0.1) is 0 Å². The van der Waals surface area contributed by atoms with Gasteiger partial charge in [0.15, 0.2) is 11.6 Å². The minimum atomic E-state index is -0.347. The number of aromatic amines is 1. The highest BCUT2D eigenvalue weighted by atomic mass is 16.5. The van der Waals surface area contributed by atoms with Gasteiger partial charge in [0.25, 0.3) is 5.56 Å². The number of piperidine rings is 1. The molecule has 1 saturated heterocycles. The van der Waals surface area contributed by atoms with Crippen LogP contribution in [0.4, 0.5) is 16.4 Å². The lowest BCUT2D eigenvalue weighted by molar-refractivity contribution is 0.246. The molecule has 9 heteroatoms. The Morgan fingerprint density at radius 3 is 3.13 bits per heavy atom. The van der Waals surface area contributed by atoms with Crippen LogP contribution in [-0.4, -0.2) is 40.3 Å². The van der Waals surface area contributed by atoms with Crippen molar-refractivity contribution in [3.05, 3.63) is 34.6 Å². The number of amides is 2. The zero-order valence-electron chi connectivity index (χ0n) is 12.7. The molecule has 0 bridgehead atoms. The van der Waals surface area contributed by atoms with Gasteiger partial charge >= 0.3 is 6.03 Å². The molecule has 0 aromatic carbocycles. The second kappa shape index (κ2) is 6.51. The Balaban J connectivity index is 1.59. The molecule has 0 aliphatic carbocycles. The van der Waals surface area contributed by atoms with Crippen molar-refractivity contribution in [2.75, 3.05) is 23.3 Å². The average Bonchev–Trinajstić information content (AvgIpc) is 2.93. The van der Waals surface area contributed by atoms with Crippen molar-refractivity contribution in [1.82, 2.24) is 20.4 Å². The molecule has 2 aromatic heterocycles. The third-order valence-electron chi connectivity index (χ3n) is 3.61. The number of rotatable bonds is 3. The summed E-state index contributed by atoms with van der Waals surface area (Å²) in [6.45, 7) is 3.02. The Hall–Kier alpha value is -2.84. The third-order valence-corrected chi connectivity index (χ3v) is 3.61. The molecule has 2 amide bonds. The Kier molecular flexibility index (Phi) is 4.26. The standard InChI is InChI=1S/C14H18N6O3/c1-9-7-11(19-23-9)18-14(22)17-10-3-2-6-20(8-10)12-13(21)16-5-4-15-12/h4-5,7,10H,2-3,6,8H2,1H3,(H,16,21)(H2,17,18,19,22). The molecule has 1 unspecified atom stereocenters. The molecule has 0 saturated carbocycles.